The van der Waals surface area contributed by atoms with Gasteiger partial charge in [-0.3, -0.25) is 0 Å². The Morgan fingerprint density at radius 1 is 1.13 bits per heavy atom. The smallest absolute Gasteiger partial charge is 0.323 e. The summed E-state index contributed by atoms with van der Waals surface area (Å²) in [5.74, 6) is 0.617. The number of nitrogens with two attached hydrogens (primary N) is 1. The average Bonchev–Trinajstić information content (AvgIpc) is 2.22. The van der Waals surface area contributed by atoms with Crippen LogP contribution in [0.2, 0.25) is 5.15 Å². The molecular formula is C10H8ClN3O. The van der Waals surface area contributed by atoms with Crippen molar-refractivity contribution in [1.29, 1.82) is 0 Å². The van der Waals surface area contributed by atoms with Crippen LogP contribution in [0, 0.1) is 0 Å². The van der Waals surface area contributed by atoms with Gasteiger partial charge in [0.05, 0.1) is 0 Å². The minimum atomic E-state index is 0.215. The van der Waals surface area contributed by atoms with E-state index in [-0.39, 0.29) is 6.01 Å². The molecule has 76 valence electrons. The zero-order valence-electron chi connectivity index (χ0n) is 7.72. The number of nitrogen functional groups attached to an aromatic ring is 1. The Hall–Kier alpha value is -1.81. The summed E-state index contributed by atoms with van der Waals surface area (Å²) in [5.41, 5.74) is 6.21. The lowest BCUT2D eigenvalue weighted by molar-refractivity contribution is 0.442. The fourth-order valence-electron chi connectivity index (χ4n) is 1.01. The third kappa shape index (κ3) is 2.57. The summed E-state index contributed by atoms with van der Waals surface area (Å²) >= 11 is 5.69. The Kier molecular flexibility index (Phi) is 2.69. The van der Waals surface area contributed by atoms with Crippen LogP contribution in [0.5, 0.6) is 11.8 Å². The van der Waals surface area contributed by atoms with Crippen molar-refractivity contribution in [1.82, 2.24) is 9.97 Å². The predicted octanol–water partition coefficient (Wildman–Crippen LogP) is 2.50. The molecule has 0 atom stereocenters. The molecule has 0 amide bonds. The van der Waals surface area contributed by atoms with Gasteiger partial charge in [-0.2, -0.15) is 4.98 Å². The Labute approximate surface area is 91.7 Å². The van der Waals surface area contributed by atoms with Crippen LogP contribution in [0.15, 0.2) is 36.5 Å². The maximum Gasteiger partial charge on any atom is 0.323 e. The van der Waals surface area contributed by atoms with Gasteiger partial charge in [-0.05, 0) is 30.3 Å². The van der Waals surface area contributed by atoms with Crippen LogP contribution in [-0.2, 0) is 0 Å². The molecule has 2 rings (SSSR count). The van der Waals surface area contributed by atoms with Gasteiger partial charge in [-0.25, -0.2) is 4.98 Å². The summed E-state index contributed by atoms with van der Waals surface area (Å²) in [6.07, 6.45) is 1.53. The monoisotopic (exact) mass is 221 g/mol. The third-order valence-electron chi connectivity index (χ3n) is 1.69. The van der Waals surface area contributed by atoms with E-state index in [1.807, 2.05) is 0 Å². The molecule has 4 nitrogen and oxygen atoms in total. The summed E-state index contributed by atoms with van der Waals surface area (Å²) in [6, 6.07) is 8.74. The van der Waals surface area contributed by atoms with Gasteiger partial charge in [0.1, 0.15) is 10.9 Å². The van der Waals surface area contributed by atoms with Crippen molar-refractivity contribution < 1.29 is 4.74 Å². The van der Waals surface area contributed by atoms with Gasteiger partial charge in [0.15, 0.2) is 0 Å². The average molecular weight is 222 g/mol. The first-order valence-electron chi connectivity index (χ1n) is 4.26. The molecule has 1 aromatic heterocycles. The Morgan fingerprint density at radius 2 is 1.87 bits per heavy atom. The van der Waals surface area contributed by atoms with Crippen molar-refractivity contribution in [2.24, 2.45) is 0 Å². The molecule has 0 fully saturated rings. The van der Waals surface area contributed by atoms with Crippen molar-refractivity contribution in [2.45, 2.75) is 0 Å². The van der Waals surface area contributed by atoms with Crippen LogP contribution in [0.25, 0.3) is 0 Å². The Balaban J connectivity index is 2.18. The molecule has 5 heteroatoms. The first-order valence-corrected chi connectivity index (χ1v) is 4.64. The minimum absolute atomic E-state index is 0.215. The molecule has 2 N–H and O–H groups in total. The topological polar surface area (TPSA) is 61.0 Å². The molecule has 0 bridgehead atoms. The summed E-state index contributed by atoms with van der Waals surface area (Å²) < 4.78 is 5.35. The second-order valence-corrected chi connectivity index (χ2v) is 3.22. The molecule has 0 saturated carbocycles. The Morgan fingerprint density at radius 3 is 2.53 bits per heavy atom. The van der Waals surface area contributed by atoms with Gasteiger partial charge >= 0.3 is 6.01 Å². The lowest BCUT2D eigenvalue weighted by atomic mass is 10.3. The highest BCUT2D eigenvalue weighted by Gasteiger charge is 2.00. The minimum Gasteiger partial charge on any atom is -0.424 e. The number of hydrogen-bond donors (Lipinski definition) is 1. The van der Waals surface area contributed by atoms with Gasteiger partial charge in [0, 0.05) is 11.9 Å². The fraction of sp³-hybridized carbons (Fsp3) is 0. The van der Waals surface area contributed by atoms with Crippen molar-refractivity contribution in [2.75, 3.05) is 5.73 Å². The van der Waals surface area contributed by atoms with E-state index < -0.39 is 0 Å². The highest BCUT2D eigenvalue weighted by atomic mass is 35.5. The molecule has 0 aliphatic heterocycles. The van der Waals surface area contributed by atoms with E-state index in [1.54, 1.807) is 30.3 Å². The predicted molar refractivity (Wildman–Crippen MR) is 58.0 cm³/mol. The van der Waals surface area contributed by atoms with Gasteiger partial charge in [0.25, 0.3) is 0 Å². The first kappa shape index (κ1) is 9.73. The standard InChI is InChI=1S/C10H8ClN3O/c11-9-5-6-13-10(14-9)15-8-3-1-7(12)2-4-8/h1-6H,12H2. The number of hydrogen-bond acceptors (Lipinski definition) is 4. The van der Waals surface area contributed by atoms with E-state index in [1.165, 1.54) is 6.20 Å². The van der Waals surface area contributed by atoms with Crippen LogP contribution in [-0.4, -0.2) is 9.97 Å². The number of anilines is 1. The van der Waals surface area contributed by atoms with Crippen LogP contribution in [0.4, 0.5) is 5.69 Å². The Bertz CT molecular complexity index is 458. The lowest BCUT2D eigenvalue weighted by Gasteiger charge is -2.03. The van der Waals surface area contributed by atoms with E-state index in [4.69, 9.17) is 22.1 Å². The molecule has 1 aromatic carbocycles. The molecule has 0 saturated heterocycles. The largest absolute Gasteiger partial charge is 0.424 e. The SMILES string of the molecule is Nc1ccc(Oc2nccc(Cl)n2)cc1. The summed E-state index contributed by atoms with van der Waals surface area (Å²) in [6.45, 7) is 0. The third-order valence-corrected chi connectivity index (χ3v) is 1.90. The van der Waals surface area contributed by atoms with E-state index in [9.17, 15) is 0 Å². The molecule has 15 heavy (non-hydrogen) atoms. The zero-order valence-corrected chi connectivity index (χ0v) is 8.48. The number of halogens is 1. The summed E-state index contributed by atoms with van der Waals surface area (Å²) in [4.78, 5) is 7.80. The van der Waals surface area contributed by atoms with Crippen LogP contribution >= 0.6 is 11.6 Å². The highest BCUT2D eigenvalue weighted by Crippen LogP contribution is 2.19. The quantitative estimate of drug-likeness (QED) is 0.625. The fourth-order valence-corrected chi connectivity index (χ4v) is 1.14. The van der Waals surface area contributed by atoms with Crippen molar-refractivity contribution in [3.05, 3.63) is 41.7 Å². The molecule has 2 aromatic rings. The summed E-state index contributed by atoms with van der Waals surface area (Å²) in [7, 11) is 0. The molecule has 0 aliphatic rings. The van der Waals surface area contributed by atoms with E-state index >= 15 is 0 Å². The van der Waals surface area contributed by atoms with Gasteiger partial charge in [-0.1, -0.05) is 11.6 Å². The second-order valence-electron chi connectivity index (χ2n) is 2.83. The number of rotatable bonds is 2. The first-order chi connectivity index (χ1) is 7.24. The van der Waals surface area contributed by atoms with Crippen LogP contribution in [0.3, 0.4) is 0 Å². The zero-order chi connectivity index (χ0) is 10.7. The summed E-state index contributed by atoms with van der Waals surface area (Å²) in [5, 5.41) is 0.343. The van der Waals surface area contributed by atoms with Crippen molar-refractivity contribution in [3.8, 4) is 11.8 Å². The maximum atomic E-state index is 5.69. The molecule has 1 heterocycles. The highest BCUT2D eigenvalue weighted by molar-refractivity contribution is 6.29. The molecule has 0 spiro atoms. The molecule has 0 unspecified atom stereocenters. The van der Waals surface area contributed by atoms with E-state index in [0.29, 0.717) is 16.6 Å². The van der Waals surface area contributed by atoms with Crippen molar-refractivity contribution >= 4 is 17.3 Å². The maximum absolute atomic E-state index is 5.69. The second kappa shape index (κ2) is 4.14. The van der Waals surface area contributed by atoms with Gasteiger partial charge in [-0.15, -0.1) is 0 Å². The number of benzene rings is 1. The molecule has 0 aliphatic carbocycles. The number of ether oxygens (including phenoxy) is 1. The van der Waals surface area contributed by atoms with E-state index in [2.05, 4.69) is 9.97 Å². The van der Waals surface area contributed by atoms with Gasteiger partial charge < -0.3 is 10.5 Å². The van der Waals surface area contributed by atoms with Crippen LogP contribution in [0.1, 0.15) is 0 Å². The number of aromatic nitrogens is 2. The normalized spacial score (nSPS) is 9.93. The van der Waals surface area contributed by atoms with E-state index in [0.717, 1.165) is 0 Å². The lowest BCUT2D eigenvalue weighted by Crippen LogP contribution is -1.91. The van der Waals surface area contributed by atoms with Crippen LogP contribution < -0.4 is 10.5 Å². The molecular weight excluding hydrogens is 214 g/mol. The molecule has 0 radical (unpaired) electrons. The van der Waals surface area contributed by atoms with Gasteiger partial charge in [0.2, 0.25) is 0 Å². The van der Waals surface area contributed by atoms with Crippen molar-refractivity contribution in [3.63, 3.8) is 0 Å². The number of nitrogens with zero attached hydrogens (tertiary/aromatic N) is 2.